The predicted octanol–water partition coefficient (Wildman–Crippen LogP) is 1.20. The van der Waals surface area contributed by atoms with Crippen molar-refractivity contribution in [3.63, 3.8) is 0 Å². The Balaban J connectivity index is 1.68. The van der Waals surface area contributed by atoms with E-state index in [0.717, 1.165) is 19.4 Å². The molecule has 1 atom stereocenters. The minimum absolute atomic E-state index is 0.103. The number of hydrogen-bond acceptors (Lipinski definition) is 7. The van der Waals surface area contributed by atoms with Crippen molar-refractivity contribution in [3.05, 3.63) is 22.5 Å². The zero-order valence-electron chi connectivity index (χ0n) is 9.42. The lowest BCUT2D eigenvalue weighted by Gasteiger charge is -2.02. The lowest BCUT2D eigenvalue weighted by atomic mass is 10.2. The number of thiazole rings is 1. The molecule has 0 aromatic carbocycles. The van der Waals surface area contributed by atoms with E-state index < -0.39 is 0 Å². The maximum atomic E-state index is 11.7. The van der Waals surface area contributed by atoms with Crippen LogP contribution in [0.4, 0.5) is 6.01 Å². The van der Waals surface area contributed by atoms with E-state index in [1.807, 2.05) is 0 Å². The highest BCUT2D eigenvalue weighted by molar-refractivity contribution is 7.11. The van der Waals surface area contributed by atoms with Crippen LogP contribution in [0.1, 0.15) is 34.4 Å². The molecule has 0 spiro atoms. The first-order valence-electron chi connectivity index (χ1n) is 5.59. The smallest absolute Gasteiger partial charge is 0.322 e. The topological polar surface area (TPSA) is 92.9 Å². The third kappa shape index (κ3) is 2.24. The number of carbonyl (C=O) groups is 1. The van der Waals surface area contributed by atoms with Crippen LogP contribution in [0.15, 0.2) is 16.1 Å². The van der Waals surface area contributed by atoms with Gasteiger partial charge in [0.1, 0.15) is 4.88 Å². The van der Waals surface area contributed by atoms with Gasteiger partial charge in [-0.3, -0.25) is 15.1 Å². The van der Waals surface area contributed by atoms with Crippen molar-refractivity contribution >= 4 is 23.3 Å². The van der Waals surface area contributed by atoms with E-state index in [-0.39, 0.29) is 18.0 Å². The Kier molecular flexibility index (Phi) is 3.03. The maximum absolute atomic E-state index is 11.7. The van der Waals surface area contributed by atoms with E-state index >= 15 is 0 Å². The SMILES string of the molecule is O=C(Nc1nnc(C2CCCN2)o1)c1cncs1. The van der Waals surface area contributed by atoms with E-state index in [2.05, 4.69) is 25.8 Å². The molecular formula is C10H11N5O2S. The molecule has 2 aromatic heterocycles. The molecule has 7 nitrogen and oxygen atoms in total. The number of rotatable bonds is 3. The fourth-order valence-corrected chi connectivity index (χ4v) is 2.32. The van der Waals surface area contributed by atoms with Gasteiger partial charge in [-0.2, -0.15) is 0 Å². The van der Waals surface area contributed by atoms with Crippen molar-refractivity contribution < 1.29 is 9.21 Å². The normalized spacial score (nSPS) is 19.0. The molecular weight excluding hydrogens is 254 g/mol. The molecule has 2 N–H and O–H groups in total. The van der Waals surface area contributed by atoms with Crippen LogP contribution in [-0.2, 0) is 0 Å². The summed E-state index contributed by atoms with van der Waals surface area (Å²) in [6.07, 6.45) is 3.57. The lowest BCUT2D eigenvalue weighted by molar-refractivity contribution is 0.102. The first kappa shape index (κ1) is 11.3. The Hall–Kier alpha value is -1.80. The highest BCUT2D eigenvalue weighted by Crippen LogP contribution is 2.23. The Bertz CT molecular complexity index is 532. The molecule has 2 aromatic rings. The number of aromatic nitrogens is 3. The van der Waals surface area contributed by atoms with E-state index in [9.17, 15) is 4.79 Å². The van der Waals surface area contributed by atoms with Crippen molar-refractivity contribution in [3.8, 4) is 0 Å². The molecule has 0 bridgehead atoms. The van der Waals surface area contributed by atoms with Crippen molar-refractivity contribution in [1.82, 2.24) is 20.5 Å². The number of hydrogen-bond donors (Lipinski definition) is 2. The minimum Gasteiger partial charge on any atom is -0.406 e. The van der Waals surface area contributed by atoms with Crippen molar-refractivity contribution in [2.24, 2.45) is 0 Å². The van der Waals surface area contributed by atoms with Crippen LogP contribution in [0, 0.1) is 0 Å². The van der Waals surface area contributed by atoms with E-state index in [0.29, 0.717) is 10.8 Å². The highest BCUT2D eigenvalue weighted by atomic mass is 32.1. The average Bonchev–Trinajstić information content (AvgIpc) is 3.12. The van der Waals surface area contributed by atoms with E-state index in [4.69, 9.17) is 4.42 Å². The van der Waals surface area contributed by atoms with Gasteiger partial charge in [-0.05, 0) is 19.4 Å². The molecule has 0 radical (unpaired) electrons. The summed E-state index contributed by atoms with van der Waals surface area (Å²) < 4.78 is 5.40. The average molecular weight is 265 g/mol. The van der Waals surface area contributed by atoms with Gasteiger partial charge in [-0.15, -0.1) is 16.4 Å². The Labute approximate surface area is 107 Å². The molecule has 1 amide bonds. The first-order valence-corrected chi connectivity index (χ1v) is 6.47. The number of nitrogens with one attached hydrogen (secondary N) is 2. The van der Waals surface area contributed by atoms with Crippen LogP contribution < -0.4 is 10.6 Å². The number of nitrogens with zero attached hydrogens (tertiary/aromatic N) is 3. The summed E-state index contributed by atoms with van der Waals surface area (Å²) in [6, 6.07) is 0.226. The van der Waals surface area contributed by atoms with Crippen LogP contribution in [0.3, 0.4) is 0 Å². The van der Waals surface area contributed by atoms with Gasteiger partial charge in [0.05, 0.1) is 17.7 Å². The molecule has 1 unspecified atom stereocenters. The molecule has 3 heterocycles. The number of amides is 1. The minimum atomic E-state index is -0.285. The summed E-state index contributed by atoms with van der Waals surface area (Å²) in [5, 5.41) is 13.5. The third-order valence-electron chi connectivity index (χ3n) is 2.68. The van der Waals surface area contributed by atoms with E-state index in [1.165, 1.54) is 17.5 Å². The molecule has 3 rings (SSSR count). The van der Waals surface area contributed by atoms with Gasteiger partial charge in [0.2, 0.25) is 5.89 Å². The first-order chi connectivity index (χ1) is 8.83. The third-order valence-corrected chi connectivity index (χ3v) is 3.45. The Morgan fingerprint density at radius 2 is 2.50 bits per heavy atom. The van der Waals surface area contributed by atoms with Gasteiger partial charge < -0.3 is 9.73 Å². The van der Waals surface area contributed by atoms with Gasteiger partial charge in [-0.25, -0.2) is 0 Å². The van der Waals surface area contributed by atoms with Crippen LogP contribution in [0.2, 0.25) is 0 Å². The van der Waals surface area contributed by atoms with Crippen molar-refractivity contribution in [1.29, 1.82) is 0 Å². The van der Waals surface area contributed by atoms with Crippen LogP contribution in [0.5, 0.6) is 0 Å². The summed E-state index contributed by atoms with van der Waals surface area (Å²) in [6.45, 7) is 0.954. The molecule has 1 aliphatic rings. The van der Waals surface area contributed by atoms with Crippen molar-refractivity contribution in [2.45, 2.75) is 18.9 Å². The second-order valence-electron chi connectivity index (χ2n) is 3.91. The Morgan fingerprint density at radius 1 is 1.56 bits per heavy atom. The quantitative estimate of drug-likeness (QED) is 0.866. The molecule has 18 heavy (non-hydrogen) atoms. The molecule has 8 heteroatoms. The van der Waals surface area contributed by atoms with Gasteiger partial charge >= 0.3 is 6.01 Å². The van der Waals surface area contributed by atoms with Gasteiger partial charge in [0.15, 0.2) is 0 Å². The summed E-state index contributed by atoms with van der Waals surface area (Å²) in [4.78, 5) is 16.1. The molecule has 1 saturated heterocycles. The van der Waals surface area contributed by atoms with Gasteiger partial charge in [0, 0.05) is 0 Å². The summed E-state index contributed by atoms with van der Waals surface area (Å²) in [7, 11) is 0. The fraction of sp³-hybridized carbons (Fsp3) is 0.400. The van der Waals surface area contributed by atoms with Crippen LogP contribution in [0.25, 0.3) is 0 Å². The number of anilines is 1. The molecule has 1 aliphatic heterocycles. The van der Waals surface area contributed by atoms with E-state index in [1.54, 1.807) is 5.51 Å². The molecule has 0 aliphatic carbocycles. The summed E-state index contributed by atoms with van der Waals surface area (Å²) >= 11 is 1.26. The largest absolute Gasteiger partial charge is 0.406 e. The summed E-state index contributed by atoms with van der Waals surface area (Å²) in [5.74, 6) is 0.235. The van der Waals surface area contributed by atoms with Crippen LogP contribution >= 0.6 is 11.3 Å². The zero-order valence-corrected chi connectivity index (χ0v) is 10.2. The molecule has 1 fully saturated rings. The maximum Gasteiger partial charge on any atom is 0.322 e. The van der Waals surface area contributed by atoms with Crippen LogP contribution in [-0.4, -0.2) is 27.6 Å². The zero-order chi connectivity index (χ0) is 12.4. The standard InChI is InChI=1S/C10H11N5O2S/c16-8(7-4-11-5-18-7)13-10-15-14-9(17-10)6-2-1-3-12-6/h4-6,12H,1-3H2,(H,13,15,16). The monoisotopic (exact) mass is 265 g/mol. The highest BCUT2D eigenvalue weighted by Gasteiger charge is 2.22. The van der Waals surface area contributed by atoms with Gasteiger partial charge in [-0.1, -0.05) is 5.10 Å². The predicted molar refractivity (Wildman–Crippen MR) is 64.3 cm³/mol. The van der Waals surface area contributed by atoms with Crippen molar-refractivity contribution in [2.75, 3.05) is 11.9 Å². The fourth-order valence-electron chi connectivity index (χ4n) is 1.81. The Morgan fingerprint density at radius 3 is 3.22 bits per heavy atom. The lowest BCUT2D eigenvalue weighted by Crippen LogP contribution is -2.13. The second-order valence-corrected chi connectivity index (χ2v) is 4.80. The molecule has 0 saturated carbocycles. The van der Waals surface area contributed by atoms with Gasteiger partial charge in [0.25, 0.3) is 5.91 Å². The molecule has 94 valence electrons. The summed E-state index contributed by atoms with van der Waals surface area (Å²) in [5.41, 5.74) is 1.59. The number of carbonyl (C=O) groups excluding carboxylic acids is 1. The second kappa shape index (κ2) is 4.83.